The molecule has 1 aliphatic rings. The average molecular weight is 261 g/mol. The summed E-state index contributed by atoms with van der Waals surface area (Å²) in [6.07, 6.45) is 5.60. The quantitative estimate of drug-likeness (QED) is 0.888. The van der Waals surface area contributed by atoms with Gasteiger partial charge < -0.3 is 14.3 Å². The molecule has 0 aliphatic carbocycles. The molecule has 1 unspecified atom stereocenters. The second-order valence-corrected chi connectivity index (χ2v) is 4.95. The number of aromatic nitrogens is 3. The summed E-state index contributed by atoms with van der Waals surface area (Å²) in [6, 6.07) is 0.265. The fraction of sp³-hybridized carbons (Fsp3) is 0.538. The molecule has 3 heterocycles. The van der Waals surface area contributed by atoms with Gasteiger partial charge in [-0.05, 0) is 6.92 Å². The number of oxazole rings is 1. The molecule has 1 saturated heterocycles. The molecule has 2 aromatic rings. The number of piperazine rings is 1. The number of nitrogens with zero attached hydrogens (tertiary/aromatic N) is 4. The van der Waals surface area contributed by atoms with E-state index in [1.165, 1.54) is 0 Å². The lowest BCUT2D eigenvalue weighted by Crippen LogP contribution is -2.46. The number of rotatable bonds is 3. The van der Waals surface area contributed by atoms with Crippen LogP contribution in [0.25, 0.3) is 0 Å². The van der Waals surface area contributed by atoms with Crippen molar-refractivity contribution in [3.8, 4) is 0 Å². The fourth-order valence-corrected chi connectivity index (χ4v) is 2.54. The SMILES string of the molecule is Cc1cnc(CN2CCNCC2c2nccn2C)o1. The molecular weight excluding hydrogens is 242 g/mol. The van der Waals surface area contributed by atoms with Gasteiger partial charge in [0.2, 0.25) is 5.89 Å². The second kappa shape index (κ2) is 5.14. The Morgan fingerprint density at radius 1 is 1.47 bits per heavy atom. The molecule has 0 spiro atoms. The predicted molar refractivity (Wildman–Crippen MR) is 70.5 cm³/mol. The predicted octanol–water partition coefficient (Wildman–Crippen LogP) is 0.863. The minimum Gasteiger partial charge on any atom is -0.445 e. The Labute approximate surface area is 112 Å². The van der Waals surface area contributed by atoms with Gasteiger partial charge in [-0.15, -0.1) is 0 Å². The van der Waals surface area contributed by atoms with Crippen LogP contribution in [0.15, 0.2) is 23.0 Å². The van der Waals surface area contributed by atoms with Gasteiger partial charge in [-0.1, -0.05) is 0 Å². The van der Waals surface area contributed by atoms with Gasteiger partial charge in [0.05, 0.1) is 18.8 Å². The van der Waals surface area contributed by atoms with Crippen molar-refractivity contribution in [3.63, 3.8) is 0 Å². The first kappa shape index (κ1) is 12.4. The van der Waals surface area contributed by atoms with E-state index in [1.807, 2.05) is 26.4 Å². The van der Waals surface area contributed by atoms with Crippen LogP contribution in [-0.4, -0.2) is 39.1 Å². The molecule has 102 valence electrons. The third-order valence-electron chi connectivity index (χ3n) is 3.52. The number of hydrogen-bond acceptors (Lipinski definition) is 5. The summed E-state index contributed by atoms with van der Waals surface area (Å²) in [7, 11) is 2.03. The van der Waals surface area contributed by atoms with Gasteiger partial charge >= 0.3 is 0 Å². The minimum absolute atomic E-state index is 0.265. The maximum Gasteiger partial charge on any atom is 0.208 e. The van der Waals surface area contributed by atoms with E-state index in [0.717, 1.165) is 43.7 Å². The van der Waals surface area contributed by atoms with Crippen LogP contribution in [0.4, 0.5) is 0 Å². The highest BCUT2D eigenvalue weighted by atomic mass is 16.4. The van der Waals surface area contributed by atoms with Gasteiger partial charge in [-0.25, -0.2) is 9.97 Å². The van der Waals surface area contributed by atoms with Crippen LogP contribution in [-0.2, 0) is 13.6 Å². The molecule has 0 bridgehead atoms. The van der Waals surface area contributed by atoms with Crippen molar-refractivity contribution >= 4 is 0 Å². The van der Waals surface area contributed by atoms with E-state index in [2.05, 4.69) is 24.8 Å². The highest BCUT2D eigenvalue weighted by molar-refractivity contribution is 5.03. The smallest absolute Gasteiger partial charge is 0.208 e. The third kappa shape index (κ3) is 2.54. The van der Waals surface area contributed by atoms with Crippen LogP contribution < -0.4 is 5.32 Å². The molecule has 0 saturated carbocycles. The number of hydrogen-bond donors (Lipinski definition) is 1. The summed E-state index contributed by atoms with van der Waals surface area (Å²) in [5.41, 5.74) is 0. The molecule has 6 heteroatoms. The molecule has 1 aliphatic heterocycles. The van der Waals surface area contributed by atoms with Crippen molar-refractivity contribution < 1.29 is 4.42 Å². The first-order valence-corrected chi connectivity index (χ1v) is 6.57. The molecule has 2 aromatic heterocycles. The van der Waals surface area contributed by atoms with Gasteiger partial charge in [-0.3, -0.25) is 4.90 Å². The van der Waals surface area contributed by atoms with Crippen LogP contribution in [0, 0.1) is 6.92 Å². The number of aryl methyl sites for hydroxylation is 2. The van der Waals surface area contributed by atoms with Gasteiger partial charge in [0.25, 0.3) is 0 Å². The summed E-state index contributed by atoms with van der Waals surface area (Å²) in [5, 5.41) is 3.43. The van der Waals surface area contributed by atoms with Crippen LogP contribution in [0.2, 0.25) is 0 Å². The topological polar surface area (TPSA) is 59.1 Å². The van der Waals surface area contributed by atoms with E-state index < -0.39 is 0 Å². The van der Waals surface area contributed by atoms with Crippen molar-refractivity contribution in [2.45, 2.75) is 19.5 Å². The molecule has 0 radical (unpaired) electrons. The first-order valence-electron chi connectivity index (χ1n) is 6.57. The Hall–Kier alpha value is -1.66. The van der Waals surface area contributed by atoms with Crippen molar-refractivity contribution in [2.75, 3.05) is 19.6 Å². The lowest BCUT2D eigenvalue weighted by atomic mass is 10.1. The Kier molecular flexibility index (Phi) is 3.35. The van der Waals surface area contributed by atoms with Crippen LogP contribution >= 0.6 is 0 Å². The molecule has 3 rings (SSSR count). The Morgan fingerprint density at radius 2 is 2.37 bits per heavy atom. The van der Waals surface area contributed by atoms with E-state index in [9.17, 15) is 0 Å². The van der Waals surface area contributed by atoms with E-state index in [0.29, 0.717) is 0 Å². The van der Waals surface area contributed by atoms with E-state index in [-0.39, 0.29) is 6.04 Å². The molecule has 1 atom stereocenters. The maximum atomic E-state index is 5.58. The molecule has 1 N–H and O–H groups in total. The Bertz CT molecular complexity index is 547. The van der Waals surface area contributed by atoms with Crippen molar-refractivity contribution in [1.29, 1.82) is 0 Å². The average Bonchev–Trinajstić information content (AvgIpc) is 2.99. The highest BCUT2D eigenvalue weighted by Crippen LogP contribution is 2.22. The van der Waals surface area contributed by atoms with Crippen molar-refractivity contribution in [1.82, 2.24) is 24.8 Å². The summed E-state index contributed by atoms with van der Waals surface area (Å²) in [6.45, 7) is 5.52. The summed E-state index contributed by atoms with van der Waals surface area (Å²) in [5.74, 6) is 2.72. The van der Waals surface area contributed by atoms with Gasteiger partial charge in [0.15, 0.2) is 0 Å². The summed E-state index contributed by atoms with van der Waals surface area (Å²) < 4.78 is 7.66. The lowest BCUT2D eigenvalue weighted by molar-refractivity contribution is 0.131. The lowest BCUT2D eigenvalue weighted by Gasteiger charge is -2.34. The Balaban J connectivity index is 1.79. The fourth-order valence-electron chi connectivity index (χ4n) is 2.54. The van der Waals surface area contributed by atoms with E-state index in [4.69, 9.17) is 4.42 Å². The van der Waals surface area contributed by atoms with E-state index >= 15 is 0 Å². The third-order valence-corrected chi connectivity index (χ3v) is 3.52. The summed E-state index contributed by atoms with van der Waals surface area (Å²) in [4.78, 5) is 11.1. The monoisotopic (exact) mass is 261 g/mol. The number of nitrogens with one attached hydrogen (secondary N) is 1. The normalized spacial score (nSPS) is 20.8. The maximum absolute atomic E-state index is 5.58. The summed E-state index contributed by atoms with van der Waals surface area (Å²) >= 11 is 0. The van der Waals surface area contributed by atoms with Crippen LogP contribution in [0.3, 0.4) is 0 Å². The molecule has 19 heavy (non-hydrogen) atoms. The van der Waals surface area contributed by atoms with Crippen molar-refractivity contribution in [3.05, 3.63) is 36.1 Å². The minimum atomic E-state index is 0.265. The van der Waals surface area contributed by atoms with Crippen LogP contribution in [0.5, 0.6) is 0 Å². The molecule has 0 aromatic carbocycles. The zero-order valence-corrected chi connectivity index (χ0v) is 11.3. The second-order valence-electron chi connectivity index (χ2n) is 4.95. The largest absolute Gasteiger partial charge is 0.445 e. The molecule has 1 fully saturated rings. The van der Waals surface area contributed by atoms with Crippen molar-refractivity contribution in [2.24, 2.45) is 7.05 Å². The molecule has 0 amide bonds. The van der Waals surface area contributed by atoms with Gasteiger partial charge in [0.1, 0.15) is 11.6 Å². The highest BCUT2D eigenvalue weighted by Gasteiger charge is 2.27. The molecule has 6 nitrogen and oxygen atoms in total. The van der Waals surface area contributed by atoms with Crippen LogP contribution in [0.1, 0.15) is 23.5 Å². The standard InChI is InChI=1S/C13H19N5O/c1-10-7-16-12(19-10)9-18-6-3-14-8-11(18)13-15-4-5-17(13)2/h4-5,7,11,14H,3,6,8-9H2,1-2H3. The van der Waals surface area contributed by atoms with Gasteiger partial charge in [0, 0.05) is 39.1 Å². The first-order chi connectivity index (χ1) is 9.24. The zero-order valence-electron chi connectivity index (χ0n) is 11.3. The molecular formula is C13H19N5O. The van der Waals surface area contributed by atoms with E-state index in [1.54, 1.807) is 6.20 Å². The van der Waals surface area contributed by atoms with Gasteiger partial charge in [-0.2, -0.15) is 0 Å². The Morgan fingerprint density at radius 3 is 3.05 bits per heavy atom. The zero-order chi connectivity index (χ0) is 13.2. The number of imidazole rings is 1.